The molecule has 2 aromatic rings. The van der Waals surface area contributed by atoms with Gasteiger partial charge in [-0.1, -0.05) is 35.4 Å². The van der Waals surface area contributed by atoms with Crippen molar-refractivity contribution in [3.63, 3.8) is 0 Å². The summed E-state index contributed by atoms with van der Waals surface area (Å²) >= 11 is 0. The quantitative estimate of drug-likeness (QED) is 0.431. The lowest BCUT2D eigenvalue weighted by Gasteiger charge is -2.22. The van der Waals surface area contributed by atoms with Crippen LogP contribution in [0.4, 0.5) is 0 Å². The van der Waals surface area contributed by atoms with Crippen LogP contribution in [0.2, 0.25) is 0 Å². The zero-order valence-electron chi connectivity index (χ0n) is 17.8. The average molecular weight is 471 g/mol. The molecule has 31 heavy (non-hydrogen) atoms. The Balaban J connectivity index is 2.02. The third kappa shape index (κ3) is 7.67. The van der Waals surface area contributed by atoms with Crippen molar-refractivity contribution in [2.45, 2.75) is 30.1 Å². The van der Waals surface area contributed by atoms with Gasteiger partial charge >= 0.3 is 0 Å². The van der Waals surface area contributed by atoms with Crippen molar-refractivity contribution < 1.29 is 26.7 Å². The van der Waals surface area contributed by atoms with Crippen molar-refractivity contribution in [3.8, 4) is 0 Å². The highest BCUT2D eigenvalue weighted by Crippen LogP contribution is 2.17. The summed E-state index contributed by atoms with van der Waals surface area (Å²) in [6, 6.07) is 13.0. The van der Waals surface area contributed by atoms with Gasteiger partial charge in [-0.05, 0) is 44.5 Å². The Kier molecular flexibility index (Phi) is 9.60. The number of hydrogen-bond acceptors (Lipinski definition) is 6. The molecule has 0 amide bonds. The van der Waals surface area contributed by atoms with Crippen molar-refractivity contribution in [1.82, 2.24) is 9.03 Å². The first-order chi connectivity index (χ1) is 14.7. The Labute approximate surface area is 185 Å². The smallest absolute Gasteiger partial charge is 0.243 e. The SMILES string of the molecule is Cc1ccc(S(=O)(=O)NCCCN(CCOCCO)S(=O)(=O)c2ccc(C)cc2)cc1. The van der Waals surface area contributed by atoms with Crippen LogP contribution < -0.4 is 4.72 Å². The summed E-state index contributed by atoms with van der Waals surface area (Å²) in [5, 5.41) is 8.83. The zero-order valence-corrected chi connectivity index (χ0v) is 19.5. The molecule has 0 saturated heterocycles. The third-order valence-corrected chi connectivity index (χ3v) is 7.98. The molecule has 8 nitrogen and oxygen atoms in total. The van der Waals surface area contributed by atoms with Crippen LogP contribution in [0, 0.1) is 13.8 Å². The second kappa shape index (κ2) is 11.7. The Bertz CT molecular complexity index is 1020. The van der Waals surface area contributed by atoms with Gasteiger partial charge in [0.05, 0.1) is 29.6 Å². The van der Waals surface area contributed by atoms with Gasteiger partial charge in [-0.3, -0.25) is 0 Å². The molecule has 0 heterocycles. The fourth-order valence-corrected chi connectivity index (χ4v) is 5.34. The molecular formula is C21H30N2O6S2. The maximum absolute atomic E-state index is 13.0. The number of rotatable bonds is 13. The van der Waals surface area contributed by atoms with E-state index in [1.807, 2.05) is 13.8 Å². The van der Waals surface area contributed by atoms with E-state index in [2.05, 4.69) is 4.72 Å². The largest absolute Gasteiger partial charge is 0.394 e. The topological polar surface area (TPSA) is 113 Å². The highest BCUT2D eigenvalue weighted by Gasteiger charge is 2.24. The van der Waals surface area contributed by atoms with Crippen LogP contribution in [0.1, 0.15) is 17.5 Å². The van der Waals surface area contributed by atoms with Crippen LogP contribution >= 0.6 is 0 Å². The summed E-state index contributed by atoms with van der Waals surface area (Å²) < 4.78 is 59.9. The molecule has 0 aliphatic heterocycles. The van der Waals surface area contributed by atoms with Crippen LogP contribution in [0.15, 0.2) is 58.3 Å². The molecular weight excluding hydrogens is 440 g/mol. The molecule has 0 fully saturated rings. The van der Waals surface area contributed by atoms with E-state index in [4.69, 9.17) is 9.84 Å². The van der Waals surface area contributed by atoms with Crippen LogP contribution in [0.5, 0.6) is 0 Å². The Morgan fingerprint density at radius 3 is 1.94 bits per heavy atom. The van der Waals surface area contributed by atoms with Gasteiger partial charge in [0.2, 0.25) is 20.0 Å². The van der Waals surface area contributed by atoms with Gasteiger partial charge in [-0.25, -0.2) is 21.6 Å². The van der Waals surface area contributed by atoms with Gasteiger partial charge in [0, 0.05) is 19.6 Å². The lowest BCUT2D eigenvalue weighted by Crippen LogP contribution is -2.37. The van der Waals surface area contributed by atoms with E-state index in [0.29, 0.717) is 0 Å². The normalized spacial score (nSPS) is 12.4. The van der Waals surface area contributed by atoms with Gasteiger partial charge < -0.3 is 9.84 Å². The summed E-state index contributed by atoms with van der Waals surface area (Å²) in [5.41, 5.74) is 1.90. The molecule has 2 N–H and O–H groups in total. The van der Waals surface area contributed by atoms with Gasteiger partial charge in [0.25, 0.3) is 0 Å². The molecule has 0 aliphatic carbocycles. The summed E-state index contributed by atoms with van der Waals surface area (Å²) in [5.74, 6) is 0. The van der Waals surface area contributed by atoms with Crippen LogP contribution in [0.3, 0.4) is 0 Å². The van der Waals surface area contributed by atoms with E-state index >= 15 is 0 Å². The first kappa shape index (κ1) is 25.4. The summed E-state index contributed by atoms with van der Waals surface area (Å²) in [6.07, 6.45) is 0.288. The fraction of sp³-hybridized carbons (Fsp3) is 0.429. The van der Waals surface area contributed by atoms with Crippen molar-refractivity contribution >= 4 is 20.0 Å². The number of sulfonamides is 2. The van der Waals surface area contributed by atoms with E-state index in [9.17, 15) is 16.8 Å². The molecule has 2 aromatic carbocycles. The second-order valence-electron chi connectivity index (χ2n) is 7.12. The number of benzene rings is 2. The highest BCUT2D eigenvalue weighted by molar-refractivity contribution is 7.89. The van der Waals surface area contributed by atoms with Crippen molar-refractivity contribution in [2.75, 3.05) is 39.5 Å². The summed E-state index contributed by atoms with van der Waals surface area (Å²) in [4.78, 5) is 0.333. The van der Waals surface area contributed by atoms with Gasteiger partial charge in [0.15, 0.2) is 0 Å². The lowest BCUT2D eigenvalue weighted by atomic mass is 10.2. The molecule has 0 aromatic heterocycles. The lowest BCUT2D eigenvalue weighted by molar-refractivity contribution is 0.0854. The summed E-state index contributed by atoms with van der Waals surface area (Å²) in [6.45, 7) is 4.15. The van der Waals surface area contributed by atoms with Crippen molar-refractivity contribution in [3.05, 3.63) is 59.7 Å². The molecule has 0 unspecified atom stereocenters. The predicted octanol–water partition coefficient (Wildman–Crippen LogP) is 1.67. The predicted molar refractivity (Wildman–Crippen MR) is 119 cm³/mol. The number of aliphatic hydroxyl groups is 1. The number of nitrogens with one attached hydrogen (secondary N) is 1. The monoisotopic (exact) mass is 470 g/mol. The number of aryl methyl sites for hydroxylation is 2. The van der Waals surface area contributed by atoms with E-state index in [1.165, 1.54) is 16.4 Å². The number of ether oxygens (including phenoxy) is 1. The molecule has 0 bridgehead atoms. The Hall–Kier alpha value is -1.82. The van der Waals surface area contributed by atoms with Gasteiger partial charge in [-0.15, -0.1) is 0 Å². The van der Waals surface area contributed by atoms with Crippen LogP contribution in [0.25, 0.3) is 0 Å². The van der Waals surface area contributed by atoms with E-state index in [-0.39, 0.29) is 55.7 Å². The standard InChI is InChI=1S/C21H30N2O6S2/c1-18-4-8-20(9-5-18)30(25,26)22-12-3-13-23(14-16-29-17-15-24)31(27,28)21-10-6-19(2)7-11-21/h4-11,22,24H,3,12-17H2,1-2H3. The molecule has 10 heteroatoms. The molecule has 172 valence electrons. The number of hydrogen-bond donors (Lipinski definition) is 2. The van der Waals surface area contributed by atoms with E-state index in [1.54, 1.807) is 36.4 Å². The molecule has 0 atom stereocenters. The molecule has 2 rings (SSSR count). The minimum absolute atomic E-state index is 0.0909. The van der Waals surface area contributed by atoms with Crippen molar-refractivity contribution in [2.24, 2.45) is 0 Å². The van der Waals surface area contributed by atoms with Gasteiger partial charge in [-0.2, -0.15) is 4.31 Å². The minimum atomic E-state index is -3.76. The van der Waals surface area contributed by atoms with E-state index in [0.717, 1.165) is 11.1 Å². The third-order valence-electron chi connectivity index (χ3n) is 4.59. The Morgan fingerprint density at radius 2 is 1.39 bits per heavy atom. The first-order valence-electron chi connectivity index (χ1n) is 9.98. The van der Waals surface area contributed by atoms with Gasteiger partial charge in [0.1, 0.15) is 0 Å². The maximum Gasteiger partial charge on any atom is 0.243 e. The van der Waals surface area contributed by atoms with Crippen LogP contribution in [-0.2, 0) is 24.8 Å². The van der Waals surface area contributed by atoms with Crippen LogP contribution in [-0.4, -0.2) is 65.7 Å². The maximum atomic E-state index is 13.0. The second-order valence-corrected chi connectivity index (χ2v) is 10.8. The number of aliphatic hydroxyl groups excluding tert-OH is 1. The molecule has 0 spiro atoms. The number of nitrogens with zero attached hydrogens (tertiary/aromatic N) is 1. The fourth-order valence-electron chi connectivity index (χ4n) is 2.81. The Morgan fingerprint density at radius 1 is 0.839 bits per heavy atom. The molecule has 0 saturated carbocycles. The first-order valence-corrected chi connectivity index (χ1v) is 12.9. The molecule has 0 aliphatic rings. The summed E-state index contributed by atoms with van der Waals surface area (Å²) in [7, 11) is -7.43. The average Bonchev–Trinajstić information content (AvgIpc) is 2.73. The van der Waals surface area contributed by atoms with Crippen molar-refractivity contribution in [1.29, 1.82) is 0 Å². The highest BCUT2D eigenvalue weighted by atomic mass is 32.2. The zero-order chi connectivity index (χ0) is 22.9. The van der Waals surface area contributed by atoms with E-state index < -0.39 is 20.0 Å². The molecule has 0 radical (unpaired) electrons. The minimum Gasteiger partial charge on any atom is -0.394 e.